The van der Waals surface area contributed by atoms with Gasteiger partial charge >= 0.3 is 0 Å². The van der Waals surface area contributed by atoms with Crippen molar-refractivity contribution in [2.24, 2.45) is 0 Å². The molecule has 0 saturated carbocycles. The highest BCUT2D eigenvalue weighted by molar-refractivity contribution is 6.35. The summed E-state index contributed by atoms with van der Waals surface area (Å²) in [6.45, 7) is 1.63. The summed E-state index contributed by atoms with van der Waals surface area (Å²) in [7, 11) is 0. The minimum absolute atomic E-state index is 0.333. The molecule has 1 amide bonds. The van der Waals surface area contributed by atoms with Crippen LogP contribution in [0.15, 0.2) is 77.2 Å². The molecule has 0 aliphatic carbocycles. The van der Waals surface area contributed by atoms with E-state index in [1.54, 1.807) is 43.3 Å². The average molecular weight is 454 g/mol. The number of carbonyl (C=O) groups excluding carboxylic acids is 1. The first-order chi connectivity index (χ1) is 15.0. The monoisotopic (exact) mass is 453 g/mol. The Hall–Kier alpha value is -3.35. The van der Waals surface area contributed by atoms with E-state index in [0.717, 1.165) is 5.56 Å². The maximum atomic E-state index is 12.6. The Morgan fingerprint density at radius 2 is 1.65 bits per heavy atom. The average Bonchev–Trinajstić information content (AvgIpc) is 3.27. The molecule has 0 saturated heterocycles. The molecule has 6 nitrogen and oxygen atoms in total. The zero-order chi connectivity index (χ0) is 21.8. The third-order valence-corrected chi connectivity index (χ3v) is 4.92. The van der Waals surface area contributed by atoms with Crippen molar-refractivity contribution in [3.05, 3.63) is 82.8 Å². The summed E-state index contributed by atoms with van der Waals surface area (Å²) in [4.78, 5) is 12.6. The number of anilines is 1. The molecular formula is C23H17Cl2N3O3. The fraction of sp³-hybridized carbons (Fsp3) is 0.0870. The van der Waals surface area contributed by atoms with Crippen LogP contribution in [0.25, 0.3) is 22.9 Å². The van der Waals surface area contributed by atoms with Crippen molar-refractivity contribution in [1.29, 1.82) is 0 Å². The molecule has 1 aromatic heterocycles. The zero-order valence-electron chi connectivity index (χ0n) is 16.4. The molecular weight excluding hydrogens is 437 g/mol. The normalized spacial score (nSPS) is 11.7. The van der Waals surface area contributed by atoms with E-state index >= 15 is 0 Å². The molecule has 0 fully saturated rings. The summed E-state index contributed by atoms with van der Waals surface area (Å²) < 4.78 is 11.4. The third kappa shape index (κ3) is 5.05. The maximum absolute atomic E-state index is 12.6. The molecule has 4 rings (SSSR count). The summed E-state index contributed by atoms with van der Waals surface area (Å²) >= 11 is 12.0. The Morgan fingerprint density at radius 1 is 0.935 bits per heavy atom. The van der Waals surface area contributed by atoms with E-state index in [9.17, 15) is 4.79 Å². The fourth-order valence-corrected chi connectivity index (χ4v) is 3.28. The van der Waals surface area contributed by atoms with Crippen LogP contribution in [0.2, 0.25) is 10.0 Å². The Morgan fingerprint density at radius 3 is 2.39 bits per heavy atom. The predicted molar refractivity (Wildman–Crippen MR) is 120 cm³/mol. The van der Waals surface area contributed by atoms with E-state index < -0.39 is 6.10 Å². The largest absolute Gasteiger partial charge is 0.479 e. The number of amides is 1. The van der Waals surface area contributed by atoms with Crippen molar-refractivity contribution < 1.29 is 13.9 Å². The summed E-state index contributed by atoms with van der Waals surface area (Å²) in [6, 6.07) is 21.4. The molecule has 0 bridgehead atoms. The smallest absolute Gasteiger partial charge is 0.265 e. The number of halogens is 2. The molecule has 1 heterocycles. The van der Waals surface area contributed by atoms with Gasteiger partial charge in [0.05, 0.1) is 5.02 Å². The van der Waals surface area contributed by atoms with Crippen LogP contribution < -0.4 is 10.1 Å². The van der Waals surface area contributed by atoms with Crippen molar-refractivity contribution in [2.75, 3.05) is 5.32 Å². The lowest BCUT2D eigenvalue weighted by atomic mass is 10.2. The van der Waals surface area contributed by atoms with Gasteiger partial charge in [-0.05, 0) is 55.5 Å². The quantitative estimate of drug-likeness (QED) is 0.380. The van der Waals surface area contributed by atoms with Crippen molar-refractivity contribution in [1.82, 2.24) is 10.2 Å². The van der Waals surface area contributed by atoms with E-state index in [1.807, 2.05) is 36.4 Å². The third-order valence-electron chi connectivity index (χ3n) is 4.39. The molecule has 3 aromatic carbocycles. The Bertz CT molecular complexity index is 1210. The lowest BCUT2D eigenvalue weighted by Gasteiger charge is -2.16. The van der Waals surface area contributed by atoms with Crippen molar-refractivity contribution >= 4 is 34.8 Å². The zero-order valence-corrected chi connectivity index (χ0v) is 17.9. The van der Waals surface area contributed by atoms with Crippen LogP contribution in [0.3, 0.4) is 0 Å². The van der Waals surface area contributed by atoms with Crippen LogP contribution >= 0.6 is 23.2 Å². The van der Waals surface area contributed by atoms with Gasteiger partial charge in [-0.2, -0.15) is 0 Å². The number of rotatable bonds is 6. The standard InChI is InChI=1S/C23H17Cl2N3O3/c1-14(30-20-11-10-17(24)13-19(20)25)21(29)26-18-9-5-8-16(12-18)23-28-27-22(31-23)15-6-3-2-4-7-15/h2-14H,1H3,(H,26,29)/t14-/m1/s1. The van der Waals surface area contributed by atoms with Gasteiger partial charge < -0.3 is 14.5 Å². The van der Waals surface area contributed by atoms with Gasteiger partial charge in [0.15, 0.2) is 6.10 Å². The molecule has 1 N–H and O–H groups in total. The van der Waals surface area contributed by atoms with Crippen molar-refractivity contribution in [3.63, 3.8) is 0 Å². The Labute approximate surface area is 188 Å². The molecule has 0 unspecified atom stereocenters. The van der Waals surface area contributed by atoms with Crippen molar-refractivity contribution in [3.8, 4) is 28.7 Å². The van der Waals surface area contributed by atoms with Crippen LogP contribution in [-0.4, -0.2) is 22.2 Å². The molecule has 4 aromatic rings. The van der Waals surface area contributed by atoms with Crippen LogP contribution in [-0.2, 0) is 4.79 Å². The lowest BCUT2D eigenvalue weighted by molar-refractivity contribution is -0.122. The van der Waals surface area contributed by atoms with Crippen LogP contribution in [0.4, 0.5) is 5.69 Å². The second-order valence-corrected chi connectivity index (χ2v) is 7.53. The SMILES string of the molecule is C[C@@H](Oc1ccc(Cl)cc1Cl)C(=O)Nc1cccc(-c2nnc(-c3ccccc3)o2)c1. The maximum Gasteiger partial charge on any atom is 0.265 e. The fourth-order valence-electron chi connectivity index (χ4n) is 2.83. The van der Waals surface area contributed by atoms with E-state index in [2.05, 4.69) is 15.5 Å². The van der Waals surface area contributed by atoms with Gasteiger partial charge in [0, 0.05) is 21.8 Å². The molecule has 8 heteroatoms. The second kappa shape index (κ2) is 9.20. The lowest BCUT2D eigenvalue weighted by Crippen LogP contribution is -2.30. The molecule has 0 radical (unpaired) electrons. The van der Waals surface area contributed by atoms with Crippen LogP contribution in [0, 0.1) is 0 Å². The summed E-state index contributed by atoms with van der Waals surface area (Å²) in [5.74, 6) is 0.819. The summed E-state index contributed by atoms with van der Waals surface area (Å²) in [5.41, 5.74) is 2.08. The first kappa shape index (κ1) is 20.9. The number of aromatic nitrogens is 2. The Kier molecular flexibility index (Phi) is 6.21. The number of carbonyl (C=O) groups is 1. The number of hydrogen-bond acceptors (Lipinski definition) is 5. The van der Waals surface area contributed by atoms with Gasteiger partial charge in [-0.15, -0.1) is 10.2 Å². The Balaban J connectivity index is 1.46. The minimum atomic E-state index is -0.782. The summed E-state index contributed by atoms with van der Waals surface area (Å²) in [6.07, 6.45) is -0.782. The second-order valence-electron chi connectivity index (χ2n) is 6.68. The van der Waals surface area contributed by atoms with Gasteiger partial charge in [0.1, 0.15) is 5.75 Å². The van der Waals surface area contributed by atoms with Gasteiger partial charge in [-0.25, -0.2) is 0 Å². The van der Waals surface area contributed by atoms with E-state index in [-0.39, 0.29) is 5.91 Å². The number of nitrogens with zero attached hydrogens (tertiary/aromatic N) is 2. The summed E-state index contributed by atoms with van der Waals surface area (Å²) in [5, 5.41) is 11.8. The number of benzene rings is 3. The molecule has 0 aliphatic heterocycles. The van der Waals surface area contributed by atoms with Gasteiger partial charge in [0.25, 0.3) is 5.91 Å². The molecule has 0 spiro atoms. The first-order valence-corrected chi connectivity index (χ1v) is 10.2. The van der Waals surface area contributed by atoms with Crippen molar-refractivity contribution in [2.45, 2.75) is 13.0 Å². The van der Waals surface area contributed by atoms with E-state index in [1.165, 1.54) is 0 Å². The highest BCUT2D eigenvalue weighted by Crippen LogP contribution is 2.29. The number of nitrogens with one attached hydrogen (secondary N) is 1. The highest BCUT2D eigenvalue weighted by atomic mass is 35.5. The number of hydrogen-bond donors (Lipinski definition) is 1. The van der Waals surface area contributed by atoms with Gasteiger partial charge in [-0.1, -0.05) is 47.5 Å². The predicted octanol–water partition coefficient (Wildman–Crippen LogP) is 6.12. The highest BCUT2D eigenvalue weighted by Gasteiger charge is 2.17. The van der Waals surface area contributed by atoms with Gasteiger partial charge in [0.2, 0.25) is 11.8 Å². The van der Waals surface area contributed by atoms with E-state index in [4.69, 9.17) is 32.4 Å². The van der Waals surface area contributed by atoms with Crippen LogP contribution in [0.5, 0.6) is 5.75 Å². The molecule has 0 aliphatic rings. The van der Waals surface area contributed by atoms with E-state index in [0.29, 0.717) is 38.8 Å². The first-order valence-electron chi connectivity index (χ1n) is 9.41. The number of ether oxygens (including phenoxy) is 1. The van der Waals surface area contributed by atoms with Crippen LogP contribution in [0.1, 0.15) is 6.92 Å². The topological polar surface area (TPSA) is 77.2 Å². The molecule has 1 atom stereocenters. The van der Waals surface area contributed by atoms with Gasteiger partial charge in [-0.3, -0.25) is 4.79 Å². The molecule has 156 valence electrons. The molecule has 31 heavy (non-hydrogen) atoms. The minimum Gasteiger partial charge on any atom is -0.479 e.